The van der Waals surface area contributed by atoms with Crippen molar-refractivity contribution in [2.45, 2.75) is 24.4 Å². The number of rotatable bonds is 5. The van der Waals surface area contributed by atoms with Gasteiger partial charge in [0.2, 0.25) is 0 Å². The molecule has 0 amide bonds. The van der Waals surface area contributed by atoms with Crippen molar-refractivity contribution in [3.63, 3.8) is 0 Å². The Labute approximate surface area is 100 Å². The molecule has 0 heterocycles. The standard InChI is InChI=1S/C6H12O5S.Bi/c7-1-3(8)5(10)6(11)4(9)2-12;/h2-11H,1H2;/t3-,4+,5-,6-;/m1./s1. The normalized spacial score (nSPS) is 19.5. The van der Waals surface area contributed by atoms with E-state index in [0.29, 0.717) is 0 Å². The van der Waals surface area contributed by atoms with Gasteiger partial charge in [-0.2, -0.15) is 0 Å². The Hall–Kier alpha value is 0.773. The van der Waals surface area contributed by atoms with Gasteiger partial charge in [-0.1, -0.05) is 12.2 Å². The fourth-order valence-electron chi connectivity index (χ4n) is 0.618. The van der Waals surface area contributed by atoms with Crippen molar-refractivity contribution in [1.29, 1.82) is 0 Å². The summed E-state index contributed by atoms with van der Waals surface area (Å²) < 4.78 is 0. The Morgan fingerprint density at radius 1 is 1.08 bits per heavy atom. The quantitative estimate of drug-likeness (QED) is 0.248. The smallest absolute Gasteiger partial charge is 0.113 e. The van der Waals surface area contributed by atoms with Gasteiger partial charge in [-0.15, -0.1) is 0 Å². The number of hydrogen-bond donors (Lipinski definition) is 5. The Morgan fingerprint density at radius 3 is 1.85 bits per heavy atom. The minimum Gasteiger partial charge on any atom is -0.394 e. The predicted molar refractivity (Wildman–Crippen MR) is 50.5 cm³/mol. The van der Waals surface area contributed by atoms with Gasteiger partial charge in [0.25, 0.3) is 0 Å². The topological polar surface area (TPSA) is 101 Å². The van der Waals surface area contributed by atoms with Crippen molar-refractivity contribution in [3.8, 4) is 0 Å². The number of thiocarbonyl (C=S) groups is 1. The second kappa shape index (κ2) is 8.11. The maximum atomic E-state index is 9.02. The molecule has 3 radical (unpaired) electrons. The summed E-state index contributed by atoms with van der Waals surface area (Å²) >= 11 is 4.30. The molecule has 0 saturated carbocycles. The molecule has 0 bridgehead atoms. The molecule has 7 heteroatoms. The van der Waals surface area contributed by atoms with Gasteiger partial charge in [-0.3, -0.25) is 0 Å². The second-order valence-corrected chi connectivity index (χ2v) is 2.63. The number of aliphatic hydroxyl groups excluding tert-OH is 5. The first-order valence-corrected chi connectivity index (χ1v) is 3.80. The Balaban J connectivity index is 0. The Bertz CT molecular complexity index is 147. The monoisotopic (exact) mass is 405 g/mol. The van der Waals surface area contributed by atoms with Crippen molar-refractivity contribution < 1.29 is 25.5 Å². The SMILES string of the molecule is OC[C@@H](O)[C@@H](O)[C@H](O)[C@@H](O)C=S.[Bi]. The third-order valence-corrected chi connectivity index (χ3v) is 1.70. The summed E-state index contributed by atoms with van der Waals surface area (Å²) in [6, 6.07) is 0. The Kier molecular flexibility index (Phi) is 10.1. The van der Waals surface area contributed by atoms with Crippen molar-refractivity contribution in [3.05, 3.63) is 0 Å². The van der Waals surface area contributed by atoms with Crippen molar-refractivity contribution in [1.82, 2.24) is 0 Å². The van der Waals surface area contributed by atoms with E-state index in [9.17, 15) is 0 Å². The van der Waals surface area contributed by atoms with E-state index in [4.69, 9.17) is 25.5 Å². The third kappa shape index (κ3) is 5.27. The van der Waals surface area contributed by atoms with Gasteiger partial charge in [0.15, 0.2) is 0 Å². The van der Waals surface area contributed by atoms with E-state index in [-0.39, 0.29) is 26.2 Å². The van der Waals surface area contributed by atoms with Gasteiger partial charge < -0.3 is 25.5 Å². The van der Waals surface area contributed by atoms with Crippen molar-refractivity contribution in [2.24, 2.45) is 0 Å². The Morgan fingerprint density at radius 2 is 1.54 bits per heavy atom. The van der Waals surface area contributed by atoms with Crippen LogP contribution < -0.4 is 0 Å². The number of aliphatic hydroxyl groups is 5. The summed E-state index contributed by atoms with van der Waals surface area (Å²) in [4.78, 5) is 0. The maximum absolute atomic E-state index is 9.02. The van der Waals surface area contributed by atoms with E-state index in [0.717, 1.165) is 5.37 Å². The van der Waals surface area contributed by atoms with Crippen LogP contribution >= 0.6 is 12.2 Å². The van der Waals surface area contributed by atoms with E-state index in [1.165, 1.54) is 0 Å². The van der Waals surface area contributed by atoms with E-state index < -0.39 is 31.0 Å². The van der Waals surface area contributed by atoms with Crippen LogP contribution in [0.1, 0.15) is 0 Å². The van der Waals surface area contributed by atoms with Crippen LogP contribution in [0.3, 0.4) is 0 Å². The van der Waals surface area contributed by atoms with Gasteiger partial charge in [-0.05, 0) is 0 Å². The van der Waals surface area contributed by atoms with Crippen molar-refractivity contribution in [2.75, 3.05) is 6.61 Å². The van der Waals surface area contributed by atoms with E-state index >= 15 is 0 Å². The van der Waals surface area contributed by atoms with Crippen LogP contribution in [0.4, 0.5) is 0 Å². The maximum Gasteiger partial charge on any atom is 0.113 e. The average molecular weight is 405 g/mol. The summed E-state index contributed by atoms with van der Waals surface area (Å²) in [6.07, 6.45) is -6.06. The van der Waals surface area contributed by atoms with Crippen molar-refractivity contribution >= 4 is 43.8 Å². The molecular formula is C6H12BiO5S. The van der Waals surface area contributed by atoms with Crippen LogP contribution in [-0.2, 0) is 0 Å². The molecule has 5 nitrogen and oxygen atoms in total. The van der Waals surface area contributed by atoms with Gasteiger partial charge in [-0.25, -0.2) is 0 Å². The molecule has 0 aromatic rings. The number of hydrogen-bond acceptors (Lipinski definition) is 6. The molecule has 0 aromatic carbocycles. The largest absolute Gasteiger partial charge is 0.394 e. The van der Waals surface area contributed by atoms with Gasteiger partial charge in [0.05, 0.1) is 6.61 Å². The van der Waals surface area contributed by atoms with Gasteiger partial charge in [0, 0.05) is 31.6 Å². The molecule has 0 aromatic heterocycles. The zero-order chi connectivity index (χ0) is 9.72. The summed E-state index contributed by atoms with van der Waals surface area (Å²) in [7, 11) is 0. The molecule has 0 saturated heterocycles. The molecule has 0 rings (SSSR count). The first-order chi connectivity index (χ1) is 5.54. The zero-order valence-electron chi connectivity index (χ0n) is 6.69. The van der Waals surface area contributed by atoms with Gasteiger partial charge >= 0.3 is 0 Å². The molecule has 5 N–H and O–H groups in total. The molecule has 0 aliphatic carbocycles. The molecule has 0 fully saturated rings. The molecule has 0 spiro atoms. The zero-order valence-corrected chi connectivity index (χ0v) is 11.0. The van der Waals surface area contributed by atoms with Crippen LogP contribution in [0.2, 0.25) is 0 Å². The average Bonchev–Trinajstić information content (AvgIpc) is 2.12. The van der Waals surface area contributed by atoms with Crippen LogP contribution in [-0.4, -0.2) is 88.1 Å². The summed E-state index contributed by atoms with van der Waals surface area (Å²) in [6.45, 7) is -0.692. The molecular weight excluding hydrogens is 393 g/mol. The molecule has 0 unspecified atom stereocenters. The minimum atomic E-state index is -1.61. The summed E-state index contributed by atoms with van der Waals surface area (Å²) in [5.41, 5.74) is 0. The molecule has 4 atom stereocenters. The van der Waals surface area contributed by atoms with Gasteiger partial charge in [0.1, 0.15) is 24.4 Å². The first kappa shape index (κ1) is 16.2. The minimum absolute atomic E-state index is 0. The fourth-order valence-corrected chi connectivity index (χ4v) is 0.779. The second-order valence-electron chi connectivity index (χ2n) is 2.36. The summed E-state index contributed by atoms with van der Waals surface area (Å²) in [5.74, 6) is 0. The summed E-state index contributed by atoms with van der Waals surface area (Å²) in [5, 5.41) is 44.9. The fraction of sp³-hybridized carbons (Fsp3) is 0.833. The van der Waals surface area contributed by atoms with Crippen LogP contribution in [0, 0.1) is 0 Å². The third-order valence-electron chi connectivity index (χ3n) is 1.42. The van der Waals surface area contributed by atoms with Crippen LogP contribution in [0.25, 0.3) is 0 Å². The van der Waals surface area contributed by atoms with E-state index in [2.05, 4.69) is 12.2 Å². The van der Waals surface area contributed by atoms with E-state index in [1.54, 1.807) is 0 Å². The van der Waals surface area contributed by atoms with Crippen LogP contribution in [0.15, 0.2) is 0 Å². The molecule has 0 aliphatic heterocycles. The molecule has 77 valence electrons. The van der Waals surface area contributed by atoms with E-state index in [1.807, 2.05) is 0 Å². The predicted octanol–water partition coefficient (Wildman–Crippen LogP) is -2.96. The van der Waals surface area contributed by atoms with Crippen LogP contribution in [0.5, 0.6) is 0 Å². The molecule has 0 aliphatic rings. The first-order valence-electron chi connectivity index (χ1n) is 3.33. The molecule has 13 heavy (non-hydrogen) atoms.